The van der Waals surface area contributed by atoms with Gasteiger partial charge in [0.2, 0.25) is 0 Å². The average Bonchev–Trinajstić information content (AvgIpc) is 2.23. The number of anilines is 1. The van der Waals surface area contributed by atoms with E-state index >= 15 is 0 Å². The predicted molar refractivity (Wildman–Crippen MR) is 60.7 cm³/mol. The first-order chi connectivity index (χ1) is 6.77. The molecule has 2 unspecified atom stereocenters. The van der Waals surface area contributed by atoms with Crippen LogP contribution in [-0.4, -0.2) is 27.9 Å². The van der Waals surface area contributed by atoms with Crippen LogP contribution in [0.4, 0.5) is 5.82 Å². The molecular formula is C10H14BrN3. The molecule has 0 bridgehead atoms. The monoisotopic (exact) mass is 255 g/mol. The van der Waals surface area contributed by atoms with Crippen molar-refractivity contribution in [1.29, 1.82) is 0 Å². The minimum atomic E-state index is 0.649. The number of hydrogen-bond donors (Lipinski definition) is 0. The van der Waals surface area contributed by atoms with Crippen LogP contribution >= 0.6 is 15.9 Å². The maximum Gasteiger partial charge on any atom is 0.147 e. The molecule has 4 heteroatoms. The summed E-state index contributed by atoms with van der Waals surface area (Å²) >= 11 is 3.69. The summed E-state index contributed by atoms with van der Waals surface area (Å²) in [7, 11) is 0. The second-order valence-electron chi connectivity index (χ2n) is 3.79. The van der Waals surface area contributed by atoms with E-state index in [0.29, 0.717) is 10.7 Å². The van der Waals surface area contributed by atoms with Crippen molar-refractivity contribution in [2.75, 3.05) is 18.0 Å². The summed E-state index contributed by atoms with van der Waals surface area (Å²) in [6.45, 7) is 4.40. The van der Waals surface area contributed by atoms with Crippen molar-refractivity contribution in [2.45, 2.75) is 18.2 Å². The standard InChI is InChI=1S/C10H14BrN3/c1-8-7-14(5-2-9(8)11)10-6-12-3-4-13-10/h3-4,6,8-9H,2,5,7H2,1H3. The van der Waals surface area contributed by atoms with Crippen molar-refractivity contribution < 1.29 is 0 Å². The molecule has 1 saturated heterocycles. The Bertz CT molecular complexity index is 291. The van der Waals surface area contributed by atoms with Gasteiger partial charge >= 0.3 is 0 Å². The van der Waals surface area contributed by atoms with Gasteiger partial charge in [-0.3, -0.25) is 4.98 Å². The van der Waals surface area contributed by atoms with Gasteiger partial charge < -0.3 is 4.90 Å². The molecule has 0 N–H and O–H groups in total. The molecule has 2 rings (SSSR count). The highest BCUT2D eigenvalue weighted by Gasteiger charge is 2.24. The molecule has 1 fully saturated rings. The van der Waals surface area contributed by atoms with E-state index < -0.39 is 0 Å². The largest absolute Gasteiger partial charge is 0.355 e. The number of halogens is 1. The van der Waals surface area contributed by atoms with Crippen LogP contribution in [0.15, 0.2) is 18.6 Å². The lowest BCUT2D eigenvalue weighted by Gasteiger charge is -2.34. The molecule has 0 radical (unpaired) electrons. The van der Waals surface area contributed by atoms with Crippen LogP contribution < -0.4 is 4.90 Å². The number of rotatable bonds is 1. The normalized spacial score (nSPS) is 27.7. The number of hydrogen-bond acceptors (Lipinski definition) is 3. The molecule has 0 spiro atoms. The van der Waals surface area contributed by atoms with Gasteiger partial charge in [0.15, 0.2) is 0 Å². The molecule has 1 aromatic rings. The molecule has 0 aromatic carbocycles. The van der Waals surface area contributed by atoms with E-state index in [4.69, 9.17) is 0 Å². The topological polar surface area (TPSA) is 29.0 Å². The minimum Gasteiger partial charge on any atom is -0.355 e. The average molecular weight is 256 g/mol. The first-order valence-corrected chi connectivity index (χ1v) is 5.84. The number of piperidine rings is 1. The molecule has 2 heterocycles. The molecule has 3 nitrogen and oxygen atoms in total. The highest BCUT2D eigenvalue weighted by atomic mass is 79.9. The zero-order valence-corrected chi connectivity index (χ0v) is 9.81. The van der Waals surface area contributed by atoms with Crippen LogP contribution in [0.2, 0.25) is 0 Å². The molecule has 0 aliphatic carbocycles. The third-order valence-corrected chi connectivity index (χ3v) is 4.03. The maximum atomic E-state index is 4.31. The summed E-state index contributed by atoms with van der Waals surface area (Å²) in [6, 6.07) is 0. The molecule has 1 aliphatic rings. The number of nitrogens with zero attached hydrogens (tertiary/aromatic N) is 3. The van der Waals surface area contributed by atoms with Crippen LogP contribution in [0.5, 0.6) is 0 Å². The van der Waals surface area contributed by atoms with Gasteiger partial charge in [-0.2, -0.15) is 0 Å². The lowest BCUT2D eigenvalue weighted by Crippen LogP contribution is -2.40. The summed E-state index contributed by atoms with van der Waals surface area (Å²) in [6.07, 6.45) is 6.48. The van der Waals surface area contributed by atoms with E-state index in [1.807, 2.05) is 6.20 Å². The van der Waals surface area contributed by atoms with E-state index in [1.54, 1.807) is 12.4 Å². The van der Waals surface area contributed by atoms with Crippen molar-refractivity contribution in [3.8, 4) is 0 Å². The van der Waals surface area contributed by atoms with E-state index in [1.165, 1.54) is 6.42 Å². The van der Waals surface area contributed by atoms with Gasteiger partial charge in [0, 0.05) is 30.3 Å². The Morgan fingerprint density at radius 2 is 2.36 bits per heavy atom. The van der Waals surface area contributed by atoms with Crippen LogP contribution in [-0.2, 0) is 0 Å². The van der Waals surface area contributed by atoms with Crippen LogP contribution in [0.1, 0.15) is 13.3 Å². The Labute approximate surface area is 92.7 Å². The molecular weight excluding hydrogens is 242 g/mol. The maximum absolute atomic E-state index is 4.31. The van der Waals surface area contributed by atoms with Crippen molar-refractivity contribution in [3.63, 3.8) is 0 Å². The van der Waals surface area contributed by atoms with Crippen molar-refractivity contribution in [3.05, 3.63) is 18.6 Å². The van der Waals surface area contributed by atoms with Crippen LogP contribution in [0, 0.1) is 5.92 Å². The lowest BCUT2D eigenvalue weighted by molar-refractivity contribution is 0.463. The van der Waals surface area contributed by atoms with Crippen LogP contribution in [0.25, 0.3) is 0 Å². The Morgan fingerprint density at radius 1 is 1.50 bits per heavy atom. The predicted octanol–water partition coefficient (Wildman–Crippen LogP) is 2.09. The van der Waals surface area contributed by atoms with Crippen molar-refractivity contribution >= 4 is 21.7 Å². The fraction of sp³-hybridized carbons (Fsp3) is 0.600. The van der Waals surface area contributed by atoms with E-state index in [9.17, 15) is 0 Å². The van der Waals surface area contributed by atoms with Crippen LogP contribution in [0.3, 0.4) is 0 Å². The fourth-order valence-electron chi connectivity index (χ4n) is 1.78. The van der Waals surface area contributed by atoms with Gasteiger partial charge in [-0.15, -0.1) is 0 Å². The van der Waals surface area contributed by atoms with E-state index in [-0.39, 0.29) is 0 Å². The number of aromatic nitrogens is 2. The van der Waals surface area contributed by atoms with Gasteiger partial charge in [-0.05, 0) is 12.3 Å². The molecule has 14 heavy (non-hydrogen) atoms. The summed E-state index contributed by atoms with van der Waals surface area (Å²) in [5, 5.41) is 0. The second-order valence-corrected chi connectivity index (χ2v) is 4.97. The third-order valence-electron chi connectivity index (χ3n) is 2.67. The molecule has 0 saturated carbocycles. The quantitative estimate of drug-likeness (QED) is 0.720. The first-order valence-electron chi connectivity index (χ1n) is 4.92. The smallest absolute Gasteiger partial charge is 0.147 e. The van der Waals surface area contributed by atoms with Crippen molar-refractivity contribution in [2.24, 2.45) is 5.92 Å². The van der Waals surface area contributed by atoms with Gasteiger partial charge in [0.05, 0.1) is 6.20 Å². The molecule has 76 valence electrons. The minimum absolute atomic E-state index is 0.649. The zero-order chi connectivity index (χ0) is 9.97. The fourth-order valence-corrected chi connectivity index (χ4v) is 2.15. The third kappa shape index (κ3) is 2.05. The van der Waals surface area contributed by atoms with E-state index in [2.05, 4.69) is 37.7 Å². The Kier molecular flexibility index (Phi) is 3.01. The molecule has 0 amide bonds. The Balaban J connectivity index is 2.07. The molecule has 1 aliphatic heterocycles. The summed E-state index contributed by atoms with van der Waals surface area (Å²) in [5.41, 5.74) is 0. The summed E-state index contributed by atoms with van der Waals surface area (Å²) in [5.74, 6) is 1.67. The van der Waals surface area contributed by atoms with Gasteiger partial charge in [-0.25, -0.2) is 4.98 Å². The van der Waals surface area contributed by atoms with E-state index in [0.717, 1.165) is 18.9 Å². The Hall–Kier alpha value is -0.640. The first kappa shape index (κ1) is 9.90. The SMILES string of the molecule is CC1CN(c2cnccn2)CCC1Br. The zero-order valence-electron chi connectivity index (χ0n) is 8.23. The van der Waals surface area contributed by atoms with Crippen molar-refractivity contribution in [1.82, 2.24) is 9.97 Å². The molecule has 1 aromatic heterocycles. The highest BCUT2D eigenvalue weighted by Crippen LogP contribution is 2.25. The van der Waals surface area contributed by atoms with Gasteiger partial charge in [0.25, 0.3) is 0 Å². The summed E-state index contributed by atoms with van der Waals surface area (Å²) < 4.78 is 0. The lowest BCUT2D eigenvalue weighted by atomic mass is 10.0. The molecule has 2 atom stereocenters. The number of alkyl halides is 1. The van der Waals surface area contributed by atoms with Gasteiger partial charge in [-0.1, -0.05) is 22.9 Å². The summed E-state index contributed by atoms with van der Waals surface area (Å²) in [4.78, 5) is 11.3. The second kappa shape index (κ2) is 4.26. The Morgan fingerprint density at radius 3 is 3.00 bits per heavy atom. The van der Waals surface area contributed by atoms with Gasteiger partial charge in [0.1, 0.15) is 5.82 Å². The highest BCUT2D eigenvalue weighted by molar-refractivity contribution is 9.09.